The minimum atomic E-state index is -0.387. The van der Waals surface area contributed by atoms with Gasteiger partial charge in [-0.1, -0.05) is 57.2 Å². The predicted octanol–water partition coefficient (Wildman–Crippen LogP) is 6.32. The summed E-state index contributed by atoms with van der Waals surface area (Å²) >= 11 is 0. The second kappa shape index (κ2) is 15.2. The van der Waals surface area contributed by atoms with E-state index in [0.29, 0.717) is 35.8 Å². The number of anilines is 1. The summed E-state index contributed by atoms with van der Waals surface area (Å²) in [6, 6.07) is 14.1. The number of esters is 1. The van der Waals surface area contributed by atoms with Gasteiger partial charge in [0.15, 0.2) is 0 Å². The van der Waals surface area contributed by atoms with Crippen LogP contribution in [0.3, 0.4) is 0 Å². The molecule has 6 nitrogen and oxygen atoms in total. The first-order valence-corrected chi connectivity index (χ1v) is 13.1. The standard InChI is InChI=1S/C29H42N2O4/c1-5-8-9-10-11-14-21-34-27-19-13-12-18-26(27)28(32)30-25-17-15-16-24(23-25)29(33)35-22-20-31(4,6-2)7-3/h12-13,15-19,23H,5-11,14,20-22H2,1-4H3/p+1. The van der Waals surface area contributed by atoms with Crippen molar-refractivity contribution in [3.63, 3.8) is 0 Å². The molecule has 192 valence electrons. The Balaban J connectivity index is 1.92. The molecule has 0 heterocycles. The van der Waals surface area contributed by atoms with Crippen molar-refractivity contribution in [1.82, 2.24) is 0 Å². The third kappa shape index (κ3) is 9.73. The second-order valence-electron chi connectivity index (χ2n) is 9.26. The number of nitrogens with zero attached hydrogens (tertiary/aromatic N) is 1. The molecule has 0 radical (unpaired) electrons. The number of carbonyl (C=O) groups is 2. The second-order valence-corrected chi connectivity index (χ2v) is 9.26. The van der Waals surface area contributed by atoms with Crippen molar-refractivity contribution in [3.05, 3.63) is 59.7 Å². The van der Waals surface area contributed by atoms with Crippen LogP contribution in [0.1, 0.15) is 80.0 Å². The van der Waals surface area contributed by atoms with E-state index in [4.69, 9.17) is 9.47 Å². The van der Waals surface area contributed by atoms with Crippen molar-refractivity contribution < 1.29 is 23.5 Å². The summed E-state index contributed by atoms with van der Waals surface area (Å²) in [4.78, 5) is 25.5. The molecule has 0 spiro atoms. The number of benzene rings is 2. The van der Waals surface area contributed by atoms with E-state index < -0.39 is 0 Å². The Morgan fingerprint density at radius 2 is 1.57 bits per heavy atom. The first kappa shape index (κ1) is 28.4. The van der Waals surface area contributed by atoms with Crippen LogP contribution in [0.4, 0.5) is 5.69 Å². The monoisotopic (exact) mass is 483 g/mol. The molecular formula is C29H43N2O4+. The van der Waals surface area contributed by atoms with E-state index in [-0.39, 0.29) is 11.9 Å². The van der Waals surface area contributed by atoms with Gasteiger partial charge in [0.1, 0.15) is 18.9 Å². The van der Waals surface area contributed by atoms with E-state index >= 15 is 0 Å². The Hall–Kier alpha value is -2.86. The Morgan fingerprint density at radius 1 is 0.857 bits per heavy atom. The van der Waals surface area contributed by atoms with Crippen LogP contribution in [0, 0.1) is 0 Å². The zero-order valence-electron chi connectivity index (χ0n) is 22.0. The number of rotatable bonds is 16. The number of carbonyl (C=O) groups excluding carboxylic acids is 2. The molecule has 35 heavy (non-hydrogen) atoms. The first-order chi connectivity index (χ1) is 16.9. The number of ether oxygens (including phenoxy) is 2. The maximum atomic E-state index is 13.0. The molecular weight excluding hydrogens is 440 g/mol. The first-order valence-electron chi connectivity index (χ1n) is 13.1. The lowest BCUT2D eigenvalue weighted by Crippen LogP contribution is -2.46. The fourth-order valence-corrected chi connectivity index (χ4v) is 3.75. The lowest BCUT2D eigenvalue weighted by molar-refractivity contribution is -0.906. The summed E-state index contributed by atoms with van der Waals surface area (Å²) in [6.07, 6.45) is 7.09. The van der Waals surface area contributed by atoms with Crippen molar-refractivity contribution in [2.75, 3.05) is 45.2 Å². The van der Waals surface area contributed by atoms with Crippen LogP contribution in [0.25, 0.3) is 0 Å². The van der Waals surface area contributed by atoms with Crippen molar-refractivity contribution in [2.24, 2.45) is 0 Å². The number of likely N-dealkylation sites (N-methyl/N-ethyl adjacent to an activating group) is 1. The number of unbranched alkanes of at least 4 members (excludes halogenated alkanes) is 5. The maximum Gasteiger partial charge on any atom is 0.338 e. The van der Waals surface area contributed by atoms with Crippen molar-refractivity contribution in [2.45, 2.75) is 59.3 Å². The fraction of sp³-hybridized carbons (Fsp3) is 0.517. The normalized spacial score (nSPS) is 11.2. The van der Waals surface area contributed by atoms with E-state index in [9.17, 15) is 9.59 Å². The molecule has 0 aliphatic carbocycles. The van der Waals surface area contributed by atoms with Gasteiger partial charge in [-0.05, 0) is 50.6 Å². The highest BCUT2D eigenvalue weighted by molar-refractivity contribution is 6.06. The zero-order chi connectivity index (χ0) is 25.5. The van der Waals surface area contributed by atoms with Crippen molar-refractivity contribution in [1.29, 1.82) is 0 Å². The molecule has 1 N–H and O–H groups in total. The quantitative estimate of drug-likeness (QED) is 0.172. The molecule has 0 saturated carbocycles. The maximum absolute atomic E-state index is 13.0. The lowest BCUT2D eigenvalue weighted by Gasteiger charge is -2.31. The molecule has 0 fully saturated rings. The molecule has 0 unspecified atom stereocenters. The van der Waals surface area contributed by atoms with Crippen LogP contribution in [0.15, 0.2) is 48.5 Å². The van der Waals surface area contributed by atoms with Gasteiger partial charge in [0.05, 0.1) is 37.9 Å². The number of nitrogens with one attached hydrogen (secondary N) is 1. The molecule has 2 rings (SSSR count). The molecule has 0 aliphatic rings. The number of hydrogen-bond acceptors (Lipinski definition) is 4. The SMILES string of the molecule is CCCCCCCCOc1ccccc1C(=O)Nc1cccc(C(=O)OCC[N+](C)(CC)CC)c1. The van der Waals surface area contributed by atoms with Gasteiger partial charge in [0.2, 0.25) is 0 Å². The third-order valence-corrected chi connectivity index (χ3v) is 6.63. The smallest absolute Gasteiger partial charge is 0.338 e. The van der Waals surface area contributed by atoms with Crippen LogP contribution in [-0.4, -0.2) is 56.3 Å². The average Bonchev–Trinajstić information content (AvgIpc) is 2.88. The van der Waals surface area contributed by atoms with Crippen molar-refractivity contribution >= 4 is 17.6 Å². The lowest BCUT2D eigenvalue weighted by atomic mass is 10.1. The number of quaternary nitrogens is 1. The van der Waals surface area contributed by atoms with Gasteiger partial charge in [-0.2, -0.15) is 0 Å². The fourth-order valence-electron chi connectivity index (χ4n) is 3.75. The van der Waals surface area contributed by atoms with Gasteiger partial charge in [0.25, 0.3) is 5.91 Å². The van der Waals surface area contributed by atoms with E-state index in [0.717, 1.165) is 37.0 Å². The highest BCUT2D eigenvalue weighted by Gasteiger charge is 2.18. The van der Waals surface area contributed by atoms with Crippen LogP contribution in [-0.2, 0) is 4.74 Å². The van der Waals surface area contributed by atoms with E-state index in [1.807, 2.05) is 18.2 Å². The zero-order valence-corrected chi connectivity index (χ0v) is 22.0. The highest BCUT2D eigenvalue weighted by Crippen LogP contribution is 2.21. The molecule has 0 atom stereocenters. The summed E-state index contributed by atoms with van der Waals surface area (Å²) < 4.78 is 12.3. The minimum Gasteiger partial charge on any atom is -0.493 e. The number of para-hydroxylation sites is 1. The van der Waals surface area contributed by atoms with Crippen LogP contribution in [0.5, 0.6) is 5.75 Å². The van der Waals surface area contributed by atoms with E-state index in [1.54, 1.807) is 30.3 Å². The largest absolute Gasteiger partial charge is 0.493 e. The van der Waals surface area contributed by atoms with Crippen molar-refractivity contribution in [3.8, 4) is 5.75 Å². The Bertz CT molecular complexity index is 924. The summed E-state index contributed by atoms with van der Waals surface area (Å²) in [6.45, 7) is 10.2. The molecule has 0 aliphatic heterocycles. The molecule has 0 saturated heterocycles. The summed E-state index contributed by atoms with van der Waals surface area (Å²) in [7, 11) is 2.15. The molecule has 6 heteroatoms. The average molecular weight is 484 g/mol. The van der Waals surface area contributed by atoms with Crippen LogP contribution < -0.4 is 10.1 Å². The predicted molar refractivity (Wildman–Crippen MR) is 142 cm³/mol. The van der Waals surface area contributed by atoms with Gasteiger partial charge in [-0.3, -0.25) is 4.79 Å². The third-order valence-electron chi connectivity index (χ3n) is 6.63. The molecule has 2 aromatic carbocycles. The van der Waals surface area contributed by atoms with Gasteiger partial charge >= 0.3 is 5.97 Å². The summed E-state index contributed by atoms with van der Waals surface area (Å²) in [5.41, 5.74) is 1.43. The molecule has 2 aromatic rings. The molecule has 1 amide bonds. The Kier molecular flexibility index (Phi) is 12.3. The van der Waals surface area contributed by atoms with Gasteiger partial charge in [0, 0.05) is 5.69 Å². The van der Waals surface area contributed by atoms with Crippen LogP contribution >= 0.6 is 0 Å². The Morgan fingerprint density at radius 3 is 2.31 bits per heavy atom. The highest BCUT2D eigenvalue weighted by atomic mass is 16.5. The summed E-state index contributed by atoms with van der Waals surface area (Å²) in [5, 5.41) is 2.89. The molecule has 0 aromatic heterocycles. The summed E-state index contributed by atoms with van der Waals surface area (Å²) in [5.74, 6) is -0.0855. The Labute approximate surface area is 211 Å². The van der Waals surface area contributed by atoms with E-state index in [1.165, 1.54) is 25.7 Å². The van der Waals surface area contributed by atoms with Crippen LogP contribution in [0.2, 0.25) is 0 Å². The number of hydrogen-bond donors (Lipinski definition) is 1. The van der Waals surface area contributed by atoms with Gasteiger partial charge in [-0.15, -0.1) is 0 Å². The molecule has 0 bridgehead atoms. The topological polar surface area (TPSA) is 64.6 Å². The van der Waals surface area contributed by atoms with E-state index in [2.05, 4.69) is 33.1 Å². The number of amides is 1. The van der Waals surface area contributed by atoms with Gasteiger partial charge < -0.3 is 19.3 Å². The van der Waals surface area contributed by atoms with Gasteiger partial charge in [-0.25, -0.2) is 4.79 Å². The minimum absolute atomic E-state index is 0.270.